The van der Waals surface area contributed by atoms with E-state index in [-0.39, 0.29) is 0 Å². The van der Waals surface area contributed by atoms with Crippen molar-refractivity contribution in [2.45, 2.75) is 21.4 Å². The maximum Gasteiger partial charge on any atom is 0.189 e. The third-order valence-electron chi connectivity index (χ3n) is 1.53. The largest absolute Gasteiger partial charge is 0.216 e. The predicted octanol–water partition coefficient (Wildman–Crippen LogP) is 3.16. The van der Waals surface area contributed by atoms with Crippen molar-refractivity contribution >= 4 is 46.5 Å². The average molecular weight is 291 g/mol. The van der Waals surface area contributed by atoms with Crippen molar-refractivity contribution in [3.8, 4) is 0 Å². The summed E-state index contributed by atoms with van der Waals surface area (Å²) in [7, 11) is 0. The van der Waals surface area contributed by atoms with Crippen LogP contribution in [0.15, 0.2) is 20.6 Å². The van der Waals surface area contributed by atoms with Gasteiger partial charge in [-0.3, -0.25) is 0 Å². The molecule has 0 N–H and O–H groups in total. The van der Waals surface area contributed by atoms with Gasteiger partial charge >= 0.3 is 0 Å². The second kappa shape index (κ2) is 5.31. The van der Waals surface area contributed by atoms with Gasteiger partial charge in [-0.05, 0) is 24.9 Å². The Morgan fingerprint density at radius 1 is 1.31 bits per heavy atom. The summed E-state index contributed by atoms with van der Waals surface area (Å²) < 4.78 is 0.860. The Labute approximate surface area is 110 Å². The Bertz CT molecular complexity index is 502. The summed E-state index contributed by atoms with van der Waals surface area (Å²) >= 11 is 10.3. The molecule has 2 heterocycles. The number of rotatable bonds is 3. The van der Waals surface area contributed by atoms with Crippen molar-refractivity contribution < 1.29 is 0 Å². The SMILES string of the molecule is CSc1nc(Cl)cc(Sc2nnc(C)s2)n1. The van der Waals surface area contributed by atoms with E-state index in [2.05, 4.69) is 20.2 Å². The van der Waals surface area contributed by atoms with E-state index >= 15 is 0 Å². The van der Waals surface area contributed by atoms with Crippen molar-refractivity contribution in [2.75, 3.05) is 6.26 Å². The highest BCUT2D eigenvalue weighted by molar-refractivity contribution is 8.01. The topological polar surface area (TPSA) is 51.6 Å². The van der Waals surface area contributed by atoms with E-state index in [4.69, 9.17) is 11.6 Å². The highest BCUT2D eigenvalue weighted by Gasteiger charge is 2.07. The first-order valence-electron chi connectivity index (χ1n) is 4.24. The van der Waals surface area contributed by atoms with Crippen LogP contribution in [0.5, 0.6) is 0 Å². The number of aromatic nitrogens is 4. The van der Waals surface area contributed by atoms with Gasteiger partial charge in [0.2, 0.25) is 0 Å². The fourth-order valence-corrected chi connectivity index (χ4v) is 3.43. The van der Waals surface area contributed by atoms with Crippen molar-refractivity contribution in [3.05, 3.63) is 16.2 Å². The molecule has 0 saturated carbocycles. The summed E-state index contributed by atoms with van der Waals surface area (Å²) in [4.78, 5) is 8.40. The van der Waals surface area contributed by atoms with Crippen LogP contribution in [0.25, 0.3) is 0 Å². The lowest BCUT2D eigenvalue weighted by atomic mass is 10.7. The van der Waals surface area contributed by atoms with Gasteiger partial charge in [0.15, 0.2) is 9.50 Å². The van der Waals surface area contributed by atoms with Crippen molar-refractivity contribution in [2.24, 2.45) is 0 Å². The van der Waals surface area contributed by atoms with Crippen LogP contribution in [-0.4, -0.2) is 26.4 Å². The Morgan fingerprint density at radius 2 is 2.12 bits per heavy atom. The molecular weight excluding hydrogens is 284 g/mol. The van der Waals surface area contributed by atoms with E-state index in [1.54, 1.807) is 6.07 Å². The van der Waals surface area contributed by atoms with Crippen molar-refractivity contribution in [3.63, 3.8) is 0 Å². The molecule has 2 aromatic rings. The zero-order valence-electron chi connectivity index (χ0n) is 8.47. The van der Waals surface area contributed by atoms with Gasteiger partial charge in [0, 0.05) is 6.07 Å². The molecule has 0 aliphatic rings. The molecule has 4 nitrogen and oxygen atoms in total. The van der Waals surface area contributed by atoms with Gasteiger partial charge in [0.05, 0.1) is 0 Å². The van der Waals surface area contributed by atoms with E-state index in [1.165, 1.54) is 34.9 Å². The molecule has 0 atom stereocenters. The molecular formula is C8H7ClN4S3. The molecule has 0 spiro atoms. The fraction of sp³-hybridized carbons (Fsp3) is 0.250. The summed E-state index contributed by atoms with van der Waals surface area (Å²) in [5.41, 5.74) is 0. The Hall–Kier alpha value is -0.370. The van der Waals surface area contributed by atoms with Crippen LogP contribution in [0.2, 0.25) is 5.15 Å². The van der Waals surface area contributed by atoms with Crippen molar-refractivity contribution in [1.29, 1.82) is 0 Å². The molecule has 2 aromatic heterocycles. The van der Waals surface area contributed by atoms with Gasteiger partial charge in [-0.2, -0.15) is 0 Å². The number of aryl methyl sites for hydroxylation is 1. The lowest BCUT2D eigenvalue weighted by Crippen LogP contribution is -1.88. The maximum absolute atomic E-state index is 5.89. The molecule has 16 heavy (non-hydrogen) atoms. The van der Waals surface area contributed by atoms with Crippen LogP contribution in [0.4, 0.5) is 0 Å². The molecule has 0 aliphatic carbocycles. The molecule has 0 radical (unpaired) electrons. The lowest BCUT2D eigenvalue weighted by molar-refractivity contribution is 0.891. The van der Waals surface area contributed by atoms with Crippen LogP contribution >= 0.6 is 46.5 Å². The number of thioether (sulfide) groups is 1. The van der Waals surface area contributed by atoms with Crippen LogP contribution < -0.4 is 0 Å². The monoisotopic (exact) mass is 290 g/mol. The standard InChI is InChI=1S/C8H7ClN4S3/c1-4-12-13-8(15-4)16-6-3-5(9)10-7(11-6)14-2/h3H,1-2H3. The van der Waals surface area contributed by atoms with Gasteiger partial charge in [-0.1, -0.05) is 34.7 Å². The first-order chi connectivity index (χ1) is 7.67. The average Bonchev–Trinajstić information content (AvgIpc) is 2.63. The summed E-state index contributed by atoms with van der Waals surface area (Å²) in [6.45, 7) is 1.92. The molecule has 0 saturated heterocycles. The Balaban J connectivity index is 2.24. The van der Waals surface area contributed by atoms with Gasteiger partial charge in [0.1, 0.15) is 15.2 Å². The molecule has 84 valence electrons. The number of nitrogens with zero attached hydrogens (tertiary/aromatic N) is 4. The van der Waals surface area contributed by atoms with Crippen LogP contribution in [0.1, 0.15) is 5.01 Å². The van der Waals surface area contributed by atoms with Gasteiger partial charge in [-0.15, -0.1) is 10.2 Å². The lowest BCUT2D eigenvalue weighted by Gasteiger charge is -1.99. The van der Waals surface area contributed by atoms with Gasteiger partial charge in [0.25, 0.3) is 0 Å². The number of hydrogen-bond acceptors (Lipinski definition) is 7. The third kappa shape index (κ3) is 3.07. The minimum atomic E-state index is 0.447. The van der Waals surface area contributed by atoms with E-state index in [9.17, 15) is 0 Å². The first-order valence-corrected chi connectivity index (χ1v) is 7.47. The van der Waals surface area contributed by atoms with Gasteiger partial charge < -0.3 is 0 Å². The van der Waals surface area contributed by atoms with Gasteiger partial charge in [-0.25, -0.2) is 9.97 Å². The molecule has 0 aliphatic heterocycles. The quantitative estimate of drug-likeness (QED) is 0.492. The summed E-state index contributed by atoms with van der Waals surface area (Å²) in [6, 6.07) is 1.72. The summed E-state index contributed by atoms with van der Waals surface area (Å²) in [5, 5.41) is 10.8. The maximum atomic E-state index is 5.89. The van der Waals surface area contributed by atoms with Crippen molar-refractivity contribution in [1.82, 2.24) is 20.2 Å². The zero-order valence-corrected chi connectivity index (χ0v) is 11.7. The Morgan fingerprint density at radius 3 is 2.75 bits per heavy atom. The van der Waals surface area contributed by atoms with Crippen LogP contribution in [-0.2, 0) is 0 Å². The fourth-order valence-electron chi connectivity index (χ4n) is 0.930. The molecule has 0 amide bonds. The predicted molar refractivity (Wildman–Crippen MR) is 67.6 cm³/mol. The minimum Gasteiger partial charge on any atom is -0.216 e. The second-order valence-corrected chi connectivity index (χ2v) is 6.31. The molecule has 8 heteroatoms. The summed E-state index contributed by atoms with van der Waals surface area (Å²) in [5.74, 6) is 0. The van der Waals surface area contributed by atoms with Crippen LogP contribution in [0.3, 0.4) is 0 Å². The number of hydrogen-bond donors (Lipinski definition) is 0. The van der Waals surface area contributed by atoms with E-state index < -0.39 is 0 Å². The molecule has 0 aromatic carbocycles. The third-order valence-corrected chi connectivity index (χ3v) is 4.08. The van der Waals surface area contributed by atoms with Crippen LogP contribution in [0, 0.1) is 6.92 Å². The molecule has 0 fully saturated rings. The van der Waals surface area contributed by atoms with E-state index in [1.807, 2.05) is 13.2 Å². The van der Waals surface area contributed by atoms with E-state index in [0.717, 1.165) is 14.4 Å². The zero-order chi connectivity index (χ0) is 11.5. The first kappa shape index (κ1) is 12.1. The van der Waals surface area contributed by atoms with E-state index in [0.29, 0.717) is 10.3 Å². The molecule has 0 unspecified atom stereocenters. The summed E-state index contributed by atoms with van der Waals surface area (Å²) in [6.07, 6.45) is 1.91. The highest BCUT2D eigenvalue weighted by Crippen LogP contribution is 2.30. The Kier molecular flexibility index (Phi) is 4.01. The smallest absolute Gasteiger partial charge is 0.189 e. The second-order valence-electron chi connectivity index (χ2n) is 2.70. The normalized spacial score (nSPS) is 10.7. The number of halogens is 1. The molecule has 2 rings (SSSR count). The molecule has 0 bridgehead atoms. The minimum absolute atomic E-state index is 0.447. The highest BCUT2D eigenvalue weighted by atomic mass is 35.5.